The van der Waals surface area contributed by atoms with Gasteiger partial charge < -0.3 is 35.2 Å². The van der Waals surface area contributed by atoms with Gasteiger partial charge in [0.2, 0.25) is 11.8 Å². The van der Waals surface area contributed by atoms with Crippen molar-refractivity contribution in [2.45, 2.75) is 70.2 Å². The first kappa shape index (κ1) is 30.3. The topological polar surface area (TPSA) is 154 Å². The van der Waals surface area contributed by atoms with E-state index in [1.54, 1.807) is 45.0 Å². The number of aromatic hydroxyl groups is 2. The van der Waals surface area contributed by atoms with Gasteiger partial charge in [-0.3, -0.25) is 14.4 Å². The van der Waals surface area contributed by atoms with E-state index in [2.05, 4.69) is 15.4 Å². The minimum atomic E-state index is -1.21. The lowest BCUT2D eigenvalue weighted by atomic mass is 9.87. The number of nitrogens with one attached hydrogen (secondary N) is 2. The number of hydrogen-bond donors (Lipinski definition) is 4. The van der Waals surface area contributed by atoms with Crippen LogP contribution < -0.4 is 10.6 Å². The van der Waals surface area contributed by atoms with Crippen LogP contribution in [0, 0.1) is 0 Å². The minimum absolute atomic E-state index is 0.0500. The first-order chi connectivity index (χ1) is 18.9. The Morgan fingerprint density at radius 3 is 2.25 bits per heavy atom. The van der Waals surface area contributed by atoms with Gasteiger partial charge in [-0.25, -0.2) is 4.79 Å². The molecule has 2 atom stereocenters. The fourth-order valence-corrected chi connectivity index (χ4v) is 4.34. The molecule has 0 radical (unpaired) electrons. The third-order valence-corrected chi connectivity index (χ3v) is 6.43. The van der Waals surface area contributed by atoms with Crippen LogP contribution in [0.5, 0.6) is 11.5 Å². The number of benzene rings is 2. The highest BCUT2D eigenvalue weighted by atomic mass is 16.6. The monoisotopic (exact) mass is 555 g/mol. The average Bonchev–Trinajstić information content (AvgIpc) is 2.85. The molecule has 4 N–H and O–H groups in total. The standard InChI is InChI=1S/C29H37N3O8/c1-29(2,3)40-28(38)31-23(15-18-11-13-21(33)14-12-18)27(37)32(20-8-6-9-20)25(19-7-5-10-22(34)16-19)26(36)30-17-24(35)39-4/h5,7,10-14,16,20,23,25,33-34H,6,8-9,15,17H2,1-4H3,(H,30,36)(H,31,38). The van der Waals surface area contributed by atoms with Crippen molar-refractivity contribution in [3.05, 3.63) is 59.7 Å². The van der Waals surface area contributed by atoms with E-state index in [1.807, 2.05) is 0 Å². The fourth-order valence-electron chi connectivity index (χ4n) is 4.34. The van der Waals surface area contributed by atoms with Crippen LogP contribution in [0.1, 0.15) is 57.2 Å². The Kier molecular flexibility index (Phi) is 9.98. The van der Waals surface area contributed by atoms with Crippen molar-refractivity contribution in [2.24, 2.45) is 0 Å². The number of rotatable bonds is 10. The molecule has 3 amide bonds. The Morgan fingerprint density at radius 1 is 1.02 bits per heavy atom. The molecule has 2 aromatic rings. The molecule has 0 bridgehead atoms. The summed E-state index contributed by atoms with van der Waals surface area (Å²) in [6.07, 6.45) is 1.35. The summed E-state index contributed by atoms with van der Waals surface area (Å²) in [5.74, 6) is -1.89. The molecule has 0 aliphatic heterocycles. The van der Waals surface area contributed by atoms with Crippen LogP contribution in [0.25, 0.3) is 0 Å². The average molecular weight is 556 g/mol. The maximum absolute atomic E-state index is 14.3. The highest BCUT2D eigenvalue weighted by molar-refractivity contribution is 5.93. The number of methoxy groups -OCH3 is 1. The van der Waals surface area contributed by atoms with Gasteiger partial charge in [0.25, 0.3) is 0 Å². The van der Waals surface area contributed by atoms with Crippen LogP contribution in [0.4, 0.5) is 4.79 Å². The first-order valence-electron chi connectivity index (χ1n) is 13.1. The number of ether oxygens (including phenoxy) is 2. The number of carbonyl (C=O) groups is 4. The molecule has 11 nitrogen and oxygen atoms in total. The Hall–Kier alpha value is -4.28. The van der Waals surface area contributed by atoms with Crippen molar-refractivity contribution in [3.8, 4) is 11.5 Å². The van der Waals surface area contributed by atoms with Gasteiger partial charge in [-0.1, -0.05) is 24.3 Å². The Balaban J connectivity index is 2.03. The number of alkyl carbamates (subject to hydrolysis) is 1. The van der Waals surface area contributed by atoms with Crippen LogP contribution in [0.15, 0.2) is 48.5 Å². The fraction of sp³-hybridized carbons (Fsp3) is 0.448. The Morgan fingerprint density at radius 2 is 1.70 bits per heavy atom. The number of nitrogens with zero attached hydrogens (tertiary/aromatic N) is 1. The Bertz CT molecular complexity index is 1200. The molecule has 1 fully saturated rings. The summed E-state index contributed by atoms with van der Waals surface area (Å²) in [5.41, 5.74) is 0.176. The van der Waals surface area contributed by atoms with Crippen LogP contribution in [0.2, 0.25) is 0 Å². The molecule has 0 saturated heterocycles. The lowest BCUT2D eigenvalue weighted by Crippen LogP contribution is -2.58. The predicted molar refractivity (Wildman–Crippen MR) is 145 cm³/mol. The molecule has 0 aromatic heterocycles. The minimum Gasteiger partial charge on any atom is -0.508 e. The molecule has 2 unspecified atom stereocenters. The van der Waals surface area contributed by atoms with Gasteiger partial charge in [-0.15, -0.1) is 0 Å². The van der Waals surface area contributed by atoms with Crippen molar-refractivity contribution in [1.29, 1.82) is 0 Å². The van der Waals surface area contributed by atoms with E-state index in [4.69, 9.17) is 4.74 Å². The summed E-state index contributed by atoms with van der Waals surface area (Å²) in [6.45, 7) is 4.69. The van der Waals surface area contributed by atoms with E-state index >= 15 is 0 Å². The molecule has 40 heavy (non-hydrogen) atoms. The number of esters is 1. The summed E-state index contributed by atoms with van der Waals surface area (Å²) in [7, 11) is 1.20. The van der Waals surface area contributed by atoms with Crippen molar-refractivity contribution >= 4 is 23.9 Å². The lowest BCUT2D eigenvalue weighted by molar-refractivity contribution is -0.148. The summed E-state index contributed by atoms with van der Waals surface area (Å²) in [5, 5.41) is 25.1. The molecule has 11 heteroatoms. The summed E-state index contributed by atoms with van der Waals surface area (Å²) >= 11 is 0. The van der Waals surface area contributed by atoms with Gasteiger partial charge in [-0.2, -0.15) is 0 Å². The second kappa shape index (κ2) is 13.2. The van der Waals surface area contributed by atoms with Crippen molar-refractivity contribution in [1.82, 2.24) is 15.5 Å². The van der Waals surface area contributed by atoms with E-state index < -0.39 is 48.1 Å². The lowest BCUT2D eigenvalue weighted by Gasteiger charge is -2.43. The number of carbonyl (C=O) groups excluding carboxylic acids is 4. The van der Waals surface area contributed by atoms with Gasteiger partial charge in [0, 0.05) is 12.5 Å². The van der Waals surface area contributed by atoms with Crippen molar-refractivity contribution in [2.75, 3.05) is 13.7 Å². The summed E-state index contributed by atoms with van der Waals surface area (Å²) in [4.78, 5) is 53.9. The quantitative estimate of drug-likeness (QED) is 0.326. The molecule has 2 aromatic carbocycles. The van der Waals surface area contributed by atoms with Crippen LogP contribution in [0.3, 0.4) is 0 Å². The molecule has 1 aliphatic carbocycles. The van der Waals surface area contributed by atoms with E-state index in [0.717, 1.165) is 6.42 Å². The third-order valence-electron chi connectivity index (χ3n) is 6.43. The summed E-state index contributed by atoms with van der Waals surface area (Å²) < 4.78 is 10.1. The van der Waals surface area contributed by atoms with Gasteiger partial charge in [0.1, 0.15) is 35.7 Å². The van der Waals surface area contributed by atoms with Crippen LogP contribution in [-0.4, -0.2) is 70.3 Å². The zero-order valence-electron chi connectivity index (χ0n) is 23.2. The van der Waals surface area contributed by atoms with Crippen molar-refractivity contribution in [3.63, 3.8) is 0 Å². The van der Waals surface area contributed by atoms with E-state index in [1.165, 1.54) is 36.3 Å². The number of amides is 3. The second-order valence-electron chi connectivity index (χ2n) is 10.7. The smallest absolute Gasteiger partial charge is 0.408 e. The number of phenols is 2. The molecular formula is C29H37N3O8. The number of phenolic OH excluding ortho intramolecular Hbond substituents is 2. The zero-order chi connectivity index (χ0) is 29.4. The molecule has 0 heterocycles. The van der Waals surface area contributed by atoms with Gasteiger partial charge in [0.15, 0.2) is 0 Å². The van der Waals surface area contributed by atoms with E-state index in [-0.39, 0.29) is 24.0 Å². The SMILES string of the molecule is COC(=O)CNC(=O)C(c1cccc(O)c1)N(C(=O)C(Cc1ccc(O)cc1)NC(=O)OC(C)(C)C)C1CCC1. The zero-order valence-corrected chi connectivity index (χ0v) is 23.2. The summed E-state index contributed by atoms with van der Waals surface area (Å²) in [6, 6.07) is 9.55. The molecular weight excluding hydrogens is 518 g/mol. The maximum atomic E-state index is 14.3. The second-order valence-corrected chi connectivity index (χ2v) is 10.7. The van der Waals surface area contributed by atoms with E-state index in [0.29, 0.717) is 24.0 Å². The van der Waals surface area contributed by atoms with Gasteiger partial charge in [0.05, 0.1) is 7.11 Å². The maximum Gasteiger partial charge on any atom is 0.408 e. The number of hydrogen-bond acceptors (Lipinski definition) is 8. The molecule has 0 spiro atoms. The highest BCUT2D eigenvalue weighted by Gasteiger charge is 2.42. The first-order valence-corrected chi connectivity index (χ1v) is 13.1. The van der Waals surface area contributed by atoms with E-state index in [9.17, 15) is 29.4 Å². The molecule has 1 aliphatic rings. The molecule has 216 valence electrons. The Labute approximate surface area is 233 Å². The van der Waals surface area contributed by atoms with Crippen LogP contribution >= 0.6 is 0 Å². The molecule has 1 saturated carbocycles. The largest absolute Gasteiger partial charge is 0.508 e. The van der Waals surface area contributed by atoms with Gasteiger partial charge in [-0.05, 0) is 75.4 Å². The van der Waals surface area contributed by atoms with Crippen molar-refractivity contribution < 1.29 is 38.9 Å². The normalized spacial score (nSPS) is 14.7. The molecule has 3 rings (SSSR count). The van der Waals surface area contributed by atoms with Gasteiger partial charge >= 0.3 is 12.1 Å². The highest BCUT2D eigenvalue weighted by Crippen LogP contribution is 2.35. The predicted octanol–water partition coefficient (Wildman–Crippen LogP) is 2.95. The third kappa shape index (κ3) is 8.36. The van der Waals surface area contributed by atoms with Crippen LogP contribution in [-0.2, 0) is 30.3 Å².